The first-order chi connectivity index (χ1) is 16.0. The van der Waals surface area contributed by atoms with E-state index in [2.05, 4.69) is 31.3 Å². The molecule has 1 unspecified atom stereocenters. The Balaban J connectivity index is 1.79. The standard InChI is InChI=1S/C26H38FNO4S/c1-19(2)22(21-9-11-23(29-3)26(18-21)31-5)7-6-13-28-14-12-20-8-10-24(25(17-20)30-4)32-15-16-33-27/h8-11,17-19,22,28H,6-7,12-16H2,1-5H3. The first kappa shape index (κ1) is 27.1. The van der Waals surface area contributed by atoms with Crippen LogP contribution in [0.2, 0.25) is 0 Å². The fraction of sp³-hybridized carbons (Fsp3) is 0.538. The number of hydrogen-bond donors (Lipinski definition) is 1. The highest BCUT2D eigenvalue weighted by Gasteiger charge is 2.17. The van der Waals surface area contributed by atoms with Gasteiger partial charge in [-0.2, -0.15) is 3.89 Å². The molecule has 2 aromatic carbocycles. The fourth-order valence-corrected chi connectivity index (χ4v) is 4.09. The normalized spacial score (nSPS) is 12.0. The summed E-state index contributed by atoms with van der Waals surface area (Å²) in [6.45, 7) is 6.72. The highest BCUT2D eigenvalue weighted by Crippen LogP contribution is 2.35. The van der Waals surface area contributed by atoms with Crippen LogP contribution in [0.4, 0.5) is 3.89 Å². The smallest absolute Gasteiger partial charge is 0.161 e. The van der Waals surface area contributed by atoms with Gasteiger partial charge in [-0.05, 0) is 79.6 Å². The molecule has 0 saturated heterocycles. The van der Waals surface area contributed by atoms with Gasteiger partial charge < -0.3 is 24.3 Å². The van der Waals surface area contributed by atoms with Crippen LogP contribution >= 0.6 is 12.1 Å². The Bertz CT molecular complexity index is 834. The maximum atomic E-state index is 12.2. The van der Waals surface area contributed by atoms with Crippen molar-refractivity contribution in [1.29, 1.82) is 0 Å². The summed E-state index contributed by atoms with van der Waals surface area (Å²) in [5, 5.41) is 3.55. The maximum absolute atomic E-state index is 12.2. The van der Waals surface area contributed by atoms with Gasteiger partial charge in [0, 0.05) is 12.1 Å². The molecule has 0 aliphatic carbocycles. The van der Waals surface area contributed by atoms with E-state index in [-0.39, 0.29) is 12.1 Å². The molecular weight excluding hydrogens is 441 g/mol. The first-order valence-corrected chi connectivity index (χ1v) is 12.4. The Labute approximate surface area is 202 Å². The molecule has 184 valence electrons. The second-order valence-electron chi connectivity index (χ2n) is 8.25. The van der Waals surface area contributed by atoms with Crippen LogP contribution < -0.4 is 24.3 Å². The molecule has 5 nitrogen and oxygen atoms in total. The second-order valence-corrected chi connectivity index (χ2v) is 8.88. The number of halogens is 1. The molecule has 2 aromatic rings. The quantitative estimate of drug-likeness (QED) is 0.295. The van der Waals surface area contributed by atoms with Crippen LogP contribution in [0.1, 0.15) is 43.7 Å². The molecule has 0 radical (unpaired) electrons. The number of benzene rings is 2. The van der Waals surface area contributed by atoms with Crippen LogP contribution in [0, 0.1) is 5.92 Å². The predicted molar refractivity (Wildman–Crippen MR) is 135 cm³/mol. The van der Waals surface area contributed by atoms with Crippen molar-refractivity contribution in [2.24, 2.45) is 5.92 Å². The van der Waals surface area contributed by atoms with Gasteiger partial charge >= 0.3 is 0 Å². The molecule has 0 aliphatic heterocycles. The zero-order valence-electron chi connectivity index (χ0n) is 20.5. The Kier molecular flexibility index (Phi) is 12.3. The summed E-state index contributed by atoms with van der Waals surface area (Å²) in [6.07, 6.45) is 3.11. The summed E-state index contributed by atoms with van der Waals surface area (Å²) in [7, 11) is 4.96. The van der Waals surface area contributed by atoms with E-state index < -0.39 is 0 Å². The van der Waals surface area contributed by atoms with Gasteiger partial charge in [-0.15, -0.1) is 0 Å². The van der Waals surface area contributed by atoms with Crippen molar-refractivity contribution in [2.45, 2.75) is 39.0 Å². The minimum absolute atomic E-state index is 0.275. The lowest BCUT2D eigenvalue weighted by atomic mass is 9.84. The van der Waals surface area contributed by atoms with Gasteiger partial charge in [-0.3, -0.25) is 0 Å². The minimum Gasteiger partial charge on any atom is -0.493 e. The zero-order valence-corrected chi connectivity index (χ0v) is 21.3. The average Bonchev–Trinajstić information content (AvgIpc) is 2.83. The largest absolute Gasteiger partial charge is 0.493 e. The van der Waals surface area contributed by atoms with Crippen molar-refractivity contribution in [3.63, 3.8) is 0 Å². The monoisotopic (exact) mass is 479 g/mol. The Morgan fingerprint density at radius 2 is 1.58 bits per heavy atom. The SMILES string of the molecule is COc1ccc(C(CCCNCCc2ccc(OCCSF)c(OC)c2)C(C)C)cc1OC. The Morgan fingerprint density at radius 3 is 2.24 bits per heavy atom. The van der Waals surface area contributed by atoms with Gasteiger partial charge in [0.15, 0.2) is 23.0 Å². The molecule has 0 aromatic heterocycles. The molecular formula is C26H38FNO4S. The van der Waals surface area contributed by atoms with Gasteiger partial charge in [0.25, 0.3) is 0 Å². The lowest BCUT2D eigenvalue weighted by Gasteiger charge is -2.22. The number of hydrogen-bond acceptors (Lipinski definition) is 6. The third-order valence-electron chi connectivity index (χ3n) is 5.75. The van der Waals surface area contributed by atoms with Crippen LogP contribution in [0.5, 0.6) is 23.0 Å². The zero-order chi connectivity index (χ0) is 24.1. The predicted octanol–water partition coefficient (Wildman–Crippen LogP) is 6.06. The number of rotatable bonds is 16. The summed E-state index contributed by atoms with van der Waals surface area (Å²) in [5.74, 6) is 4.20. The fourth-order valence-electron chi connectivity index (χ4n) is 3.94. The molecule has 0 bridgehead atoms. The van der Waals surface area contributed by atoms with Crippen molar-refractivity contribution < 1.29 is 22.8 Å². The molecule has 0 aliphatic rings. The van der Waals surface area contributed by atoms with E-state index in [1.807, 2.05) is 24.3 Å². The summed E-state index contributed by atoms with van der Waals surface area (Å²) in [6, 6.07) is 12.2. The highest BCUT2D eigenvalue weighted by molar-refractivity contribution is 7.94. The van der Waals surface area contributed by atoms with Crippen LogP contribution in [0.3, 0.4) is 0 Å². The molecule has 1 N–H and O–H groups in total. The molecule has 7 heteroatoms. The summed E-state index contributed by atoms with van der Waals surface area (Å²) >= 11 is 0.275. The maximum Gasteiger partial charge on any atom is 0.161 e. The number of ether oxygens (including phenoxy) is 4. The Morgan fingerprint density at radius 1 is 0.879 bits per heavy atom. The van der Waals surface area contributed by atoms with E-state index in [4.69, 9.17) is 18.9 Å². The summed E-state index contributed by atoms with van der Waals surface area (Å²) in [5.41, 5.74) is 2.47. The molecule has 33 heavy (non-hydrogen) atoms. The second kappa shape index (κ2) is 14.9. The van der Waals surface area contributed by atoms with Crippen LogP contribution in [0.25, 0.3) is 0 Å². The molecule has 0 saturated carbocycles. The minimum atomic E-state index is 0.275. The van der Waals surface area contributed by atoms with Crippen molar-refractivity contribution >= 4 is 12.1 Å². The van der Waals surface area contributed by atoms with E-state index >= 15 is 0 Å². The van der Waals surface area contributed by atoms with Gasteiger partial charge in [-0.25, -0.2) is 0 Å². The summed E-state index contributed by atoms with van der Waals surface area (Å²) < 4.78 is 34.0. The van der Waals surface area contributed by atoms with Crippen LogP contribution in [-0.2, 0) is 6.42 Å². The van der Waals surface area contributed by atoms with E-state index in [0.717, 1.165) is 43.9 Å². The molecule has 2 rings (SSSR count). The number of methoxy groups -OCH3 is 3. The topological polar surface area (TPSA) is 49.0 Å². The molecule has 1 atom stereocenters. The van der Waals surface area contributed by atoms with Crippen LogP contribution in [-0.4, -0.2) is 46.8 Å². The third-order valence-corrected chi connectivity index (χ3v) is 6.07. The lowest BCUT2D eigenvalue weighted by molar-refractivity contribution is 0.313. The third kappa shape index (κ3) is 8.63. The van der Waals surface area contributed by atoms with E-state index in [9.17, 15) is 3.89 Å². The van der Waals surface area contributed by atoms with E-state index in [1.54, 1.807) is 21.3 Å². The van der Waals surface area contributed by atoms with Crippen molar-refractivity contribution in [3.05, 3.63) is 47.5 Å². The van der Waals surface area contributed by atoms with Crippen LogP contribution in [0.15, 0.2) is 36.4 Å². The molecule has 0 heterocycles. The van der Waals surface area contributed by atoms with Gasteiger partial charge in [0.05, 0.1) is 33.7 Å². The average molecular weight is 480 g/mol. The van der Waals surface area contributed by atoms with Gasteiger partial charge in [-0.1, -0.05) is 26.0 Å². The molecule has 0 fully saturated rings. The van der Waals surface area contributed by atoms with Crippen molar-refractivity contribution in [2.75, 3.05) is 46.8 Å². The summed E-state index contributed by atoms with van der Waals surface area (Å²) in [4.78, 5) is 0. The van der Waals surface area contributed by atoms with Gasteiger partial charge in [0.2, 0.25) is 0 Å². The Hall–Kier alpha value is -2.12. The van der Waals surface area contributed by atoms with Crippen molar-refractivity contribution in [1.82, 2.24) is 5.32 Å². The number of nitrogens with one attached hydrogen (secondary N) is 1. The van der Waals surface area contributed by atoms with E-state index in [0.29, 0.717) is 35.7 Å². The lowest BCUT2D eigenvalue weighted by Crippen LogP contribution is -2.19. The van der Waals surface area contributed by atoms with E-state index in [1.165, 1.54) is 11.1 Å². The highest BCUT2D eigenvalue weighted by atomic mass is 32.2. The van der Waals surface area contributed by atoms with Crippen molar-refractivity contribution in [3.8, 4) is 23.0 Å². The molecule has 0 amide bonds. The molecule has 0 spiro atoms. The van der Waals surface area contributed by atoms with Gasteiger partial charge in [0.1, 0.15) is 0 Å². The first-order valence-electron chi connectivity index (χ1n) is 11.5.